The molecule has 156 valence electrons. The van der Waals surface area contributed by atoms with Crippen molar-refractivity contribution in [2.45, 2.75) is 18.9 Å². The molecule has 2 aromatic rings. The molecule has 0 unspecified atom stereocenters. The van der Waals surface area contributed by atoms with E-state index < -0.39 is 5.97 Å². The number of nitriles is 1. The van der Waals surface area contributed by atoms with E-state index in [-0.39, 0.29) is 29.4 Å². The number of aromatic nitrogens is 2. The van der Waals surface area contributed by atoms with Crippen molar-refractivity contribution in [1.29, 1.82) is 5.26 Å². The van der Waals surface area contributed by atoms with E-state index >= 15 is 0 Å². The zero-order chi connectivity index (χ0) is 21.5. The molecule has 2 aromatic heterocycles. The van der Waals surface area contributed by atoms with E-state index in [4.69, 9.17) is 4.74 Å². The van der Waals surface area contributed by atoms with Crippen molar-refractivity contribution in [3.63, 3.8) is 0 Å². The number of thioether (sulfide) groups is 1. The Morgan fingerprint density at radius 1 is 1.27 bits per heavy atom. The molecule has 0 saturated carbocycles. The highest BCUT2D eigenvalue weighted by atomic mass is 32.2. The van der Waals surface area contributed by atoms with Crippen LogP contribution in [0.1, 0.15) is 28.5 Å². The van der Waals surface area contributed by atoms with Gasteiger partial charge in [-0.1, -0.05) is 17.8 Å². The molecule has 0 aromatic carbocycles. The maximum Gasteiger partial charge on any atom is 0.340 e. The molecule has 1 amide bonds. The summed E-state index contributed by atoms with van der Waals surface area (Å²) in [7, 11) is 0. The van der Waals surface area contributed by atoms with Gasteiger partial charge in [-0.05, 0) is 32.0 Å². The second-order valence-electron chi connectivity index (χ2n) is 6.65. The first-order valence-corrected chi connectivity index (χ1v) is 10.7. The summed E-state index contributed by atoms with van der Waals surface area (Å²) in [5.74, 6) is 0.596. The lowest BCUT2D eigenvalue weighted by Gasteiger charge is -2.35. The number of hydrogen-bond acceptors (Lipinski definition) is 8. The van der Waals surface area contributed by atoms with Crippen molar-refractivity contribution in [2.75, 3.05) is 43.4 Å². The first-order chi connectivity index (χ1) is 14.5. The maximum atomic E-state index is 12.6. The van der Waals surface area contributed by atoms with Crippen LogP contribution in [0.25, 0.3) is 0 Å². The average molecular weight is 426 g/mol. The van der Waals surface area contributed by atoms with Crippen LogP contribution in [0.5, 0.6) is 0 Å². The molecular formula is C21H23N5O3S. The fourth-order valence-corrected chi connectivity index (χ4v) is 4.04. The predicted octanol–water partition coefficient (Wildman–Crippen LogP) is 2.27. The molecule has 1 fully saturated rings. The molecule has 9 heteroatoms. The molecule has 1 aliphatic heterocycles. The molecule has 0 N–H and O–H groups in total. The minimum atomic E-state index is -0.502. The third kappa shape index (κ3) is 5.07. The zero-order valence-electron chi connectivity index (χ0n) is 17.0. The molecule has 0 bridgehead atoms. The highest BCUT2D eigenvalue weighted by molar-refractivity contribution is 8.00. The van der Waals surface area contributed by atoms with Gasteiger partial charge in [0.15, 0.2) is 0 Å². The number of ether oxygens (including phenoxy) is 1. The minimum absolute atomic E-state index is 0.00140. The van der Waals surface area contributed by atoms with Gasteiger partial charge in [0.05, 0.1) is 29.2 Å². The summed E-state index contributed by atoms with van der Waals surface area (Å²) in [6.07, 6.45) is 1.76. The van der Waals surface area contributed by atoms with E-state index in [9.17, 15) is 14.9 Å². The van der Waals surface area contributed by atoms with Gasteiger partial charge in [0.1, 0.15) is 16.9 Å². The topological polar surface area (TPSA) is 99.4 Å². The summed E-state index contributed by atoms with van der Waals surface area (Å²) in [4.78, 5) is 37.3. The molecule has 30 heavy (non-hydrogen) atoms. The number of carbonyl (C=O) groups is 2. The lowest BCUT2D eigenvalue weighted by molar-refractivity contribution is -0.128. The van der Waals surface area contributed by atoms with Gasteiger partial charge in [0.25, 0.3) is 0 Å². The Morgan fingerprint density at radius 2 is 2.03 bits per heavy atom. The summed E-state index contributed by atoms with van der Waals surface area (Å²) in [6.45, 7) is 6.35. The van der Waals surface area contributed by atoms with Gasteiger partial charge in [0, 0.05) is 32.4 Å². The number of hydrogen-bond donors (Lipinski definition) is 0. The first-order valence-electron chi connectivity index (χ1n) is 9.69. The van der Waals surface area contributed by atoms with E-state index in [0.717, 1.165) is 18.9 Å². The third-order valence-electron chi connectivity index (χ3n) is 4.73. The monoisotopic (exact) mass is 425 g/mol. The molecule has 0 spiro atoms. The lowest BCUT2D eigenvalue weighted by atomic mass is 10.1. The van der Waals surface area contributed by atoms with E-state index in [1.165, 1.54) is 17.8 Å². The Labute approximate surface area is 179 Å². The van der Waals surface area contributed by atoms with Gasteiger partial charge in [-0.2, -0.15) is 5.26 Å². The van der Waals surface area contributed by atoms with Gasteiger partial charge in [-0.3, -0.25) is 4.79 Å². The fraction of sp³-hybridized carbons (Fsp3) is 0.381. The highest BCUT2D eigenvalue weighted by Crippen LogP contribution is 2.24. The molecule has 0 atom stereocenters. The van der Waals surface area contributed by atoms with E-state index in [0.29, 0.717) is 23.8 Å². The van der Waals surface area contributed by atoms with Crippen LogP contribution in [0.15, 0.2) is 35.5 Å². The van der Waals surface area contributed by atoms with Crippen molar-refractivity contribution in [3.05, 3.63) is 47.3 Å². The molecule has 0 aliphatic carbocycles. The number of nitrogens with zero attached hydrogens (tertiary/aromatic N) is 5. The number of pyridine rings is 2. The minimum Gasteiger partial charge on any atom is -0.462 e. The SMILES string of the molecule is CCOC(=O)c1cc(C#N)c(SCC(=O)N2CCN(c3ccccn3)CC2)nc1C. The molecular weight excluding hydrogens is 402 g/mol. The van der Waals surface area contributed by atoms with Gasteiger partial charge >= 0.3 is 5.97 Å². The van der Waals surface area contributed by atoms with Crippen molar-refractivity contribution in [2.24, 2.45) is 0 Å². The molecule has 3 rings (SSSR count). The van der Waals surface area contributed by atoms with Crippen LogP contribution in [0, 0.1) is 18.3 Å². The highest BCUT2D eigenvalue weighted by Gasteiger charge is 2.23. The standard InChI is InChI=1S/C21H23N5O3S/c1-3-29-21(28)17-12-16(13-22)20(24-15(17)2)30-14-19(27)26-10-8-25(9-11-26)18-6-4-5-7-23-18/h4-7,12H,3,8-11,14H2,1-2H3. The summed E-state index contributed by atoms with van der Waals surface area (Å²) >= 11 is 1.22. The van der Waals surface area contributed by atoms with Crippen LogP contribution >= 0.6 is 11.8 Å². The first kappa shape index (κ1) is 21.6. The Kier molecular flexibility index (Phi) is 7.25. The van der Waals surface area contributed by atoms with Crippen LogP contribution in [0.2, 0.25) is 0 Å². The smallest absolute Gasteiger partial charge is 0.340 e. The van der Waals surface area contributed by atoms with Crippen LogP contribution < -0.4 is 4.90 Å². The van der Waals surface area contributed by atoms with E-state index in [1.807, 2.05) is 23.1 Å². The van der Waals surface area contributed by atoms with Gasteiger partial charge < -0.3 is 14.5 Å². The zero-order valence-corrected chi connectivity index (χ0v) is 17.8. The Bertz CT molecular complexity index is 953. The Hall–Kier alpha value is -3.12. The van der Waals surface area contributed by atoms with E-state index in [2.05, 4.69) is 20.9 Å². The van der Waals surface area contributed by atoms with Crippen LogP contribution in [0.4, 0.5) is 5.82 Å². The maximum absolute atomic E-state index is 12.6. The number of aryl methyl sites for hydroxylation is 1. The Morgan fingerprint density at radius 3 is 2.67 bits per heavy atom. The molecule has 1 saturated heterocycles. The summed E-state index contributed by atoms with van der Waals surface area (Å²) in [5.41, 5.74) is 1.02. The molecule has 1 aliphatic rings. The number of anilines is 1. The van der Waals surface area contributed by atoms with Gasteiger partial charge in [-0.25, -0.2) is 14.8 Å². The average Bonchev–Trinajstić information content (AvgIpc) is 2.78. The number of carbonyl (C=O) groups excluding carboxylic acids is 2. The molecule has 0 radical (unpaired) electrons. The normalized spacial score (nSPS) is 13.6. The summed E-state index contributed by atoms with van der Waals surface area (Å²) < 4.78 is 5.00. The van der Waals surface area contributed by atoms with E-state index in [1.54, 1.807) is 20.0 Å². The second kappa shape index (κ2) is 10.1. The summed E-state index contributed by atoms with van der Waals surface area (Å²) in [6, 6.07) is 9.34. The number of amides is 1. The summed E-state index contributed by atoms with van der Waals surface area (Å²) in [5, 5.41) is 9.88. The van der Waals surface area contributed by atoms with Crippen molar-refractivity contribution in [3.8, 4) is 6.07 Å². The van der Waals surface area contributed by atoms with Crippen molar-refractivity contribution < 1.29 is 14.3 Å². The number of rotatable bonds is 6. The largest absolute Gasteiger partial charge is 0.462 e. The van der Waals surface area contributed by atoms with Gasteiger partial charge in [-0.15, -0.1) is 0 Å². The lowest BCUT2D eigenvalue weighted by Crippen LogP contribution is -2.49. The van der Waals surface area contributed by atoms with Crippen molar-refractivity contribution >= 4 is 29.5 Å². The fourth-order valence-electron chi connectivity index (χ4n) is 3.14. The molecule has 8 nitrogen and oxygen atoms in total. The van der Waals surface area contributed by atoms with Crippen molar-refractivity contribution in [1.82, 2.24) is 14.9 Å². The number of esters is 1. The second-order valence-corrected chi connectivity index (χ2v) is 7.61. The third-order valence-corrected chi connectivity index (χ3v) is 5.71. The Balaban J connectivity index is 1.59. The van der Waals surface area contributed by atoms with Crippen LogP contribution in [-0.2, 0) is 9.53 Å². The predicted molar refractivity (Wildman–Crippen MR) is 113 cm³/mol. The number of piperazine rings is 1. The molecule has 3 heterocycles. The van der Waals surface area contributed by atoms with Gasteiger partial charge in [0.2, 0.25) is 5.91 Å². The quantitative estimate of drug-likeness (QED) is 0.513. The van der Waals surface area contributed by atoms with Crippen LogP contribution in [0.3, 0.4) is 0 Å². The van der Waals surface area contributed by atoms with Crippen LogP contribution in [-0.4, -0.2) is 65.3 Å².